The van der Waals surface area contributed by atoms with Gasteiger partial charge in [-0.1, -0.05) is 36.4 Å². The van der Waals surface area contributed by atoms with E-state index in [0.717, 1.165) is 10.4 Å². The molecule has 2 N–H and O–H groups in total. The van der Waals surface area contributed by atoms with Crippen molar-refractivity contribution in [1.29, 1.82) is 0 Å². The number of hydrogen-bond acceptors (Lipinski definition) is 6. The second-order valence-corrected chi connectivity index (χ2v) is 8.72. The molecular weight excluding hydrogens is 449 g/mol. The fourth-order valence-corrected chi connectivity index (χ4v) is 5.34. The van der Waals surface area contributed by atoms with Gasteiger partial charge in [0.1, 0.15) is 16.3 Å². The predicted octanol–water partition coefficient (Wildman–Crippen LogP) is 4.72. The molecule has 1 amide bonds. The van der Waals surface area contributed by atoms with E-state index in [4.69, 9.17) is 17.3 Å². The number of nitrogens with two attached hydrogens (primary N) is 1. The number of carbonyl (C=O) groups excluding carboxylic acids is 1. The molecule has 0 bridgehead atoms. The monoisotopic (exact) mass is 467 g/mol. The number of aromatic nitrogens is 2. The van der Waals surface area contributed by atoms with E-state index in [9.17, 15) is 4.79 Å². The Balaban J connectivity index is 1.58. The molecule has 0 radical (unpaired) electrons. The quantitative estimate of drug-likeness (QED) is 0.441. The second kappa shape index (κ2) is 8.03. The summed E-state index contributed by atoms with van der Waals surface area (Å²) in [5.74, 6) is -0.271. The summed E-state index contributed by atoms with van der Waals surface area (Å²) in [6, 6.07) is 10.8. The molecule has 162 valence electrons. The molecule has 1 aliphatic heterocycles. The van der Waals surface area contributed by atoms with Crippen molar-refractivity contribution < 1.29 is 9.18 Å². The molecule has 4 aromatic rings. The molecule has 1 aliphatic rings. The summed E-state index contributed by atoms with van der Waals surface area (Å²) in [6.45, 7) is 5.94. The standard InChI is InChI=1S/C23H19ClFN5OS/c1-2-19(31)29-7-9-30(10-8-29)23-15-11-16(24)20(21(25)22(15)28-32-23)14-12-18(26)27-17-6-4-3-5-13(14)17/h2-6,11-12H,1,7-10H2,(H2,26,27). The number of carbonyl (C=O) groups is 1. The summed E-state index contributed by atoms with van der Waals surface area (Å²) < 4.78 is 20.2. The van der Waals surface area contributed by atoms with Crippen molar-refractivity contribution in [3.05, 3.63) is 59.9 Å². The van der Waals surface area contributed by atoms with Crippen LogP contribution in [0, 0.1) is 5.82 Å². The molecule has 32 heavy (non-hydrogen) atoms. The van der Waals surface area contributed by atoms with Crippen LogP contribution < -0.4 is 10.6 Å². The highest BCUT2D eigenvalue weighted by Gasteiger charge is 2.26. The molecule has 0 unspecified atom stereocenters. The summed E-state index contributed by atoms with van der Waals surface area (Å²) in [6.07, 6.45) is 1.32. The van der Waals surface area contributed by atoms with Crippen LogP contribution >= 0.6 is 23.1 Å². The fraction of sp³-hybridized carbons (Fsp3) is 0.174. The van der Waals surface area contributed by atoms with Gasteiger partial charge in [-0.25, -0.2) is 9.37 Å². The SMILES string of the molecule is C=CC(=O)N1CCN(c2snc3c(F)c(-c4cc(N)nc5ccccc45)c(Cl)cc23)CC1. The Labute approximate surface area is 192 Å². The molecule has 1 saturated heterocycles. The van der Waals surface area contributed by atoms with Crippen LogP contribution in [0.5, 0.6) is 0 Å². The first-order chi connectivity index (χ1) is 15.5. The maximum absolute atomic E-state index is 15.8. The number of benzene rings is 2. The van der Waals surface area contributed by atoms with Crippen molar-refractivity contribution in [3.63, 3.8) is 0 Å². The summed E-state index contributed by atoms with van der Waals surface area (Å²) in [4.78, 5) is 20.0. The van der Waals surface area contributed by atoms with Crippen LogP contribution in [-0.2, 0) is 4.79 Å². The van der Waals surface area contributed by atoms with Crippen LogP contribution in [0.2, 0.25) is 5.02 Å². The van der Waals surface area contributed by atoms with E-state index in [1.165, 1.54) is 17.6 Å². The third kappa shape index (κ3) is 3.36. The molecule has 0 saturated carbocycles. The zero-order valence-electron chi connectivity index (χ0n) is 17.0. The Bertz CT molecular complexity index is 1380. The molecule has 5 rings (SSSR count). The fourth-order valence-electron chi connectivity index (χ4n) is 4.14. The van der Waals surface area contributed by atoms with Crippen molar-refractivity contribution in [2.45, 2.75) is 0 Å². The first-order valence-electron chi connectivity index (χ1n) is 10.1. The number of rotatable bonds is 3. The second-order valence-electron chi connectivity index (χ2n) is 7.56. The highest BCUT2D eigenvalue weighted by molar-refractivity contribution is 7.11. The number of piperazine rings is 1. The van der Waals surface area contributed by atoms with Crippen LogP contribution in [-0.4, -0.2) is 46.3 Å². The highest BCUT2D eigenvalue weighted by Crippen LogP contribution is 2.43. The van der Waals surface area contributed by atoms with Crippen LogP contribution in [0.4, 0.5) is 15.2 Å². The predicted molar refractivity (Wildman–Crippen MR) is 129 cm³/mol. The number of pyridine rings is 1. The number of para-hydroxylation sites is 1. The minimum absolute atomic E-state index is 0.0820. The van der Waals surface area contributed by atoms with E-state index in [1.54, 1.807) is 17.0 Å². The Hall–Kier alpha value is -3.23. The molecule has 2 aromatic heterocycles. The summed E-state index contributed by atoms with van der Waals surface area (Å²) in [5, 5.41) is 2.56. The van der Waals surface area contributed by atoms with Gasteiger partial charge in [0, 0.05) is 42.5 Å². The van der Waals surface area contributed by atoms with E-state index >= 15 is 4.39 Å². The third-order valence-corrected chi connectivity index (χ3v) is 6.93. The Morgan fingerprint density at radius 2 is 1.94 bits per heavy atom. The Kier molecular flexibility index (Phi) is 5.19. The zero-order valence-corrected chi connectivity index (χ0v) is 18.6. The first kappa shape index (κ1) is 20.7. The average Bonchev–Trinajstić information content (AvgIpc) is 3.22. The van der Waals surface area contributed by atoms with Crippen LogP contribution in [0.25, 0.3) is 32.9 Å². The number of nitrogens with zero attached hydrogens (tertiary/aromatic N) is 4. The van der Waals surface area contributed by atoms with E-state index in [2.05, 4.69) is 20.8 Å². The van der Waals surface area contributed by atoms with Gasteiger partial charge in [0.15, 0.2) is 5.82 Å². The highest BCUT2D eigenvalue weighted by atomic mass is 35.5. The molecule has 3 heterocycles. The molecule has 0 spiro atoms. The summed E-state index contributed by atoms with van der Waals surface area (Å²) in [7, 11) is 0. The van der Waals surface area contributed by atoms with Gasteiger partial charge in [-0.3, -0.25) is 4.79 Å². The van der Waals surface area contributed by atoms with Crippen LogP contribution in [0.15, 0.2) is 49.1 Å². The molecule has 9 heteroatoms. The van der Waals surface area contributed by atoms with Gasteiger partial charge in [0.2, 0.25) is 5.91 Å². The van der Waals surface area contributed by atoms with Gasteiger partial charge < -0.3 is 15.5 Å². The molecular formula is C23H19ClFN5OS. The van der Waals surface area contributed by atoms with Crippen molar-refractivity contribution in [2.75, 3.05) is 36.8 Å². The van der Waals surface area contributed by atoms with Gasteiger partial charge >= 0.3 is 0 Å². The van der Waals surface area contributed by atoms with Crippen molar-refractivity contribution in [1.82, 2.24) is 14.3 Å². The summed E-state index contributed by atoms with van der Waals surface area (Å²) in [5.41, 5.74) is 7.78. The van der Waals surface area contributed by atoms with E-state index in [1.807, 2.05) is 24.3 Å². The van der Waals surface area contributed by atoms with Gasteiger partial charge in [0.25, 0.3) is 0 Å². The number of nitrogen functional groups attached to an aromatic ring is 1. The number of fused-ring (bicyclic) bond motifs is 2. The van der Waals surface area contributed by atoms with Crippen LogP contribution in [0.1, 0.15) is 0 Å². The van der Waals surface area contributed by atoms with Crippen molar-refractivity contribution >= 4 is 61.7 Å². The van der Waals surface area contributed by atoms with Gasteiger partial charge in [0.05, 0.1) is 10.5 Å². The lowest BCUT2D eigenvalue weighted by Crippen LogP contribution is -2.48. The average molecular weight is 468 g/mol. The third-order valence-electron chi connectivity index (χ3n) is 5.70. The van der Waals surface area contributed by atoms with Crippen molar-refractivity contribution in [2.24, 2.45) is 0 Å². The molecule has 6 nitrogen and oxygen atoms in total. The number of hydrogen-bond donors (Lipinski definition) is 1. The lowest BCUT2D eigenvalue weighted by molar-refractivity contribution is -0.126. The number of halogens is 2. The van der Waals surface area contributed by atoms with Gasteiger partial charge in [-0.05, 0) is 41.4 Å². The Morgan fingerprint density at radius 3 is 2.69 bits per heavy atom. The molecule has 0 aliphatic carbocycles. The van der Waals surface area contributed by atoms with Crippen molar-refractivity contribution in [3.8, 4) is 11.1 Å². The largest absolute Gasteiger partial charge is 0.384 e. The van der Waals surface area contributed by atoms with E-state index < -0.39 is 5.82 Å². The van der Waals surface area contributed by atoms with E-state index in [0.29, 0.717) is 48.5 Å². The number of amides is 1. The maximum atomic E-state index is 15.8. The van der Waals surface area contributed by atoms with Crippen LogP contribution in [0.3, 0.4) is 0 Å². The lowest BCUT2D eigenvalue weighted by Gasteiger charge is -2.34. The minimum atomic E-state index is -0.480. The zero-order chi connectivity index (χ0) is 22.4. The Morgan fingerprint density at radius 1 is 1.19 bits per heavy atom. The first-order valence-corrected chi connectivity index (χ1v) is 11.2. The normalized spacial score (nSPS) is 14.3. The molecule has 2 aromatic carbocycles. The van der Waals surface area contributed by atoms with Gasteiger partial charge in [-0.15, -0.1) is 0 Å². The smallest absolute Gasteiger partial charge is 0.246 e. The number of anilines is 2. The molecule has 0 atom stereocenters. The topological polar surface area (TPSA) is 75.4 Å². The maximum Gasteiger partial charge on any atom is 0.246 e. The summed E-state index contributed by atoms with van der Waals surface area (Å²) >= 11 is 7.88. The minimum Gasteiger partial charge on any atom is -0.384 e. The van der Waals surface area contributed by atoms with E-state index in [-0.39, 0.29) is 22.0 Å². The molecule has 1 fully saturated rings. The van der Waals surface area contributed by atoms with Gasteiger partial charge in [-0.2, -0.15) is 4.37 Å². The lowest BCUT2D eigenvalue weighted by atomic mass is 9.99.